The number of hydrogen-bond acceptors (Lipinski definition) is 2. The Bertz CT molecular complexity index is 755. The van der Waals surface area contributed by atoms with Crippen molar-refractivity contribution in [1.82, 2.24) is 4.90 Å². The van der Waals surface area contributed by atoms with E-state index >= 15 is 0 Å². The van der Waals surface area contributed by atoms with Gasteiger partial charge in [0.05, 0.1) is 0 Å². The summed E-state index contributed by atoms with van der Waals surface area (Å²) in [4.78, 5) is 26.3. The largest absolute Gasteiger partial charge is 0.341 e. The molecule has 2 rings (SSSR count). The highest BCUT2D eigenvalue weighted by Gasteiger charge is 2.15. The minimum Gasteiger partial charge on any atom is -0.341 e. The molecule has 0 fully saturated rings. The number of ketones is 1. The first-order valence-electron chi connectivity index (χ1n) is 7.96. The number of benzene rings is 2. The lowest BCUT2D eigenvalue weighted by molar-refractivity contribution is -0.130. The van der Waals surface area contributed by atoms with Crippen LogP contribution in [-0.2, 0) is 11.3 Å². The van der Waals surface area contributed by atoms with Gasteiger partial charge in [0.1, 0.15) is 0 Å². The molecule has 0 heterocycles. The van der Waals surface area contributed by atoms with E-state index in [1.165, 1.54) is 0 Å². The summed E-state index contributed by atoms with van der Waals surface area (Å²) in [5.41, 5.74) is 3.78. The molecule has 0 saturated carbocycles. The molecule has 0 aromatic heterocycles. The Hall–Kier alpha value is -1.94. The molecule has 0 spiro atoms. The normalized spacial score (nSPS) is 10.5. The zero-order valence-corrected chi connectivity index (χ0v) is 15.9. The molecule has 2 aromatic rings. The van der Waals surface area contributed by atoms with Gasteiger partial charge in [0.15, 0.2) is 5.78 Å². The van der Waals surface area contributed by atoms with E-state index < -0.39 is 0 Å². The Kier molecular flexibility index (Phi) is 6.32. The molecule has 0 unspecified atom stereocenters. The number of halogens is 1. The van der Waals surface area contributed by atoms with E-state index in [9.17, 15) is 9.59 Å². The topological polar surface area (TPSA) is 37.4 Å². The number of rotatable bonds is 6. The van der Waals surface area contributed by atoms with Crippen LogP contribution >= 0.6 is 15.9 Å². The molecule has 0 aliphatic heterocycles. The van der Waals surface area contributed by atoms with Crippen molar-refractivity contribution in [1.29, 1.82) is 0 Å². The maximum Gasteiger partial charge on any atom is 0.223 e. The number of hydrogen-bond donors (Lipinski definition) is 0. The number of carbonyl (C=O) groups excluding carboxylic acids is 2. The fourth-order valence-corrected chi connectivity index (χ4v) is 2.96. The van der Waals surface area contributed by atoms with Crippen LogP contribution in [0.25, 0.3) is 0 Å². The second-order valence-corrected chi connectivity index (χ2v) is 6.94. The smallest absolute Gasteiger partial charge is 0.223 e. The molecule has 1 amide bonds. The summed E-state index contributed by atoms with van der Waals surface area (Å²) in [6, 6.07) is 13.7. The van der Waals surface area contributed by atoms with Crippen molar-refractivity contribution in [3.63, 3.8) is 0 Å². The summed E-state index contributed by atoms with van der Waals surface area (Å²) in [7, 11) is 1.77. The number of amides is 1. The van der Waals surface area contributed by atoms with E-state index in [0.29, 0.717) is 6.54 Å². The first-order chi connectivity index (χ1) is 11.4. The SMILES string of the molecule is Cc1ccc(C)c(C(=O)CCC(=O)N(C)Cc2ccccc2Br)c1. The summed E-state index contributed by atoms with van der Waals surface area (Å²) >= 11 is 3.49. The number of nitrogens with zero attached hydrogens (tertiary/aromatic N) is 1. The number of aryl methyl sites for hydroxylation is 2. The second kappa shape index (κ2) is 8.25. The van der Waals surface area contributed by atoms with Crippen LogP contribution in [0.3, 0.4) is 0 Å². The highest BCUT2D eigenvalue weighted by Crippen LogP contribution is 2.18. The number of carbonyl (C=O) groups is 2. The van der Waals surface area contributed by atoms with Crippen molar-refractivity contribution >= 4 is 27.6 Å². The van der Waals surface area contributed by atoms with Crippen LogP contribution in [0.1, 0.15) is 39.9 Å². The van der Waals surface area contributed by atoms with Gasteiger partial charge in [0.2, 0.25) is 5.91 Å². The predicted molar refractivity (Wildman–Crippen MR) is 100 cm³/mol. The van der Waals surface area contributed by atoms with Crippen LogP contribution in [0.4, 0.5) is 0 Å². The molecular weight excluding hydrogens is 366 g/mol. The average Bonchev–Trinajstić information content (AvgIpc) is 2.56. The number of Topliss-reactive ketones (excluding diaryl/α,β-unsaturated/α-hetero) is 1. The van der Waals surface area contributed by atoms with Gasteiger partial charge in [-0.1, -0.05) is 51.8 Å². The van der Waals surface area contributed by atoms with Crippen LogP contribution in [0.2, 0.25) is 0 Å². The Morgan fingerprint density at radius 2 is 1.75 bits per heavy atom. The molecular formula is C20H22BrNO2. The standard InChI is InChI=1S/C20H22BrNO2/c1-14-8-9-15(2)17(12-14)19(23)10-11-20(24)22(3)13-16-6-4-5-7-18(16)21/h4-9,12H,10-11,13H2,1-3H3. The minimum atomic E-state index is -0.0237. The zero-order chi connectivity index (χ0) is 17.7. The van der Waals surface area contributed by atoms with Gasteiger partial charge < -0.3 is 4.90 Å². The van der Waals surface area contributed by atoms with Crippen LogP contribution in [0.5, 0.6) is 0 Å². The lowest BCUT2D eigenvalue weighted by Crippen LogP contribution is -2.26. The van der Waals surface area contributed by atoms with Gasteiger partial charge in [-0.05, 0) is 37.1 Å². The van der Waals surface area contributed by atoms with E-state index in [4.69, 9.17) is 0 Å². The molecule has 0 bridgehead atoms. The van der Waals surface area contributed by atoms with Crippen molar-refractivity contribution in [3.8, 4) is 0 Å². The van der Waals surface area contributed by atoms with Crippen LogP contribution in [-0.4, -0.2) is 23.6 Å². The molecule has 0 saturated heterocycles. The summed E-state index contributed by atoms with van der Waals surface area (Å²) in [6.45, 7) is 4.42. The van der Waals surface area contributed by atoms with Crippen molar-refractivity contribution in [2.24, 2.45) is 0 Å². The Labute approximate surface area is 151 Å². The molecule has 3 nitrogen and oxygen atoms in total. The van der Waals surface area contributed by atoms with Gasteiger partial charge >= 0.3 is 0 Å². The molecule has 2 aromatic carbocycles. The highest BCUT2D eigenvalue weighted by atomic mass is 79.9. The summed E-state index contributed by atoms with van der Waals surface area (Å²) < 4.78 is 0.983. The lowest BCUT2D eigenvalue weighted by atomic mass is 9.99. The van der Waals surface area contributed by atoms with Crippen LogP contribution in [0.15, 0.2) is 46.9 Å². The molecule has 24 heavy (non-hydrogen) atoms. The van der Waals surface area contributed by atoms with E-state index in [-0.39, 0.29) is 24.5 Å². The third kappa shape index (κ3) is 4.78. The molecule has 0 radical (unpaired) electrons. The quantitative estimate of drug-likeness (QED) is 0.674. The summed E-state index contributed by atoms with van der Waals surface area (Å²) in [5.74, 6) is 0.00301. The third-order valence-corrected chi connectivity index (χ3v) is 4.82. The Morgan fingerprint density at radius 1 is 1.04 bits per heavy atom. The molecule has 0 aliphatic rings. The van der Waals surface area contributed by atoms with Gasteiger partial charge in [-0.25, -0.2) is 0 Å². The maximum absolute atomic E-state index is 12.4. The summed E-state index contributed by atoms with van der Waals surface area (Å²) in [5, 5.41) is 0. The third-order valence-electron chi connectivity index (χ3n) is 4.05. The Balaban J connectivity index is 1.93. The van der Waals surface area contributed by atoms with Crippen molar-refractivity contribution < 1.29 is 9.59 Å². The molecule has 4 heteroatoms. The minimum absolute atomic E-state index is 0.0237. The van der Waals surface area contributed by atoms with E-state index in [1.807, 2.05) is 56.3 Å². The maximum atomic E-state index is 12.4. The van der Waals surface area contributed by atoms with E-state index in [1.54, 1.807) is 11.9 Å². The van der Waals surface area contributed by atoms with Crippen molar-refractivity contribution in [2.75, 3.05) is 7.05 Å². The van der Waals surface area contributed by atoms with E-state index in [2.05, 4.69) is 15.9 Å². The van der Waals surface area contributed by atoms with Gasteiger partial charge in [-0.2, -0.15) is 0 Å². The van der Waals surface area contributed by atoms with Crippen molar-refractivity contribution in [3.05, 3.63) is 69.2 Å². The molecule has 0 atom stereocenters. The van der Waals surface area contributed by atoms with E-state index in [0.717, 1.165) is 26.7 Å². The fourth-order valence-electron chi connectivity index (χ4n) is 2.55. The molecule has 0 aliphatic carbocycles. The summed E-state index contributed by atoms with van der Waals surface area (Å²) in [6.07, 6.45) is 0.469. The van der Waals surface area contributed by atoms with Crippen LogP contribution in [0, 0.1) is 13.8 Å². The molecule has 0 N–H and O–H groups in total. The first-order valence-corrected chi connectivity index (χ1v) is 8.75. The van der Waals surface area contributed by atoms with Crippen LogP contribution < -0.4 is 0 Å². The molecule has 126 valence electrons. The monoisotopic (exact) mass is 387 g/mol. The lowest BCUT2D eigenvalue weighted by Gasteiger charge is -2.18. The first kappa shape index (κ1) is 18.4. The Morgan fingerprint density at radius 3 is 2.46 bits per heavy atom. The van der Waals surface area contributed by atoms with Gasteiger partial charge in [0.25, 0.3) is 0 Å². The zero-order valence-electron chi connectivity index (χ0n) is 14.3. The highest BCUT2D eigenvalue weighted by molar-refractivity contribution is 9.10. The fraction of sp³-hybridized carbons (Fsp3) is 0.300. The average molecular weight is 388 g/mol. The predicted octanol–water partition coefficient (Wildman–Crippen LogP) is 4.69. The van der Waals surface area contributed by atoms with Crippen molar-refractivity contribution in [2.45, 2.75) is 33.2 Å². The van der Waals surface area contributed by atoms with Gasteiger partial charge in [-0.3, -0.25) is 9.59 Å². The second-order valence-electron chi connectivity index (χ2n) is 6.08. The van der Waals surface area contributed by atoms with Gasteiger partial charge in [0, 0.05) is 36.5 Å². The van der Waals surface area contributed by atoms with Gasteiger partial charge in [-0.15, -0.1) is 0 Å².